The minimum atomic E-state index is -0.562. The SMILES string of the molecule is CCOc1ccccc1Oc1ccc(CNC(=O)[C@@H](N)C(C)(C)C)cn1.Cl.Cl. The molecule has 0 aliphatic carbocycles. The fourth-order valence-electron chi connectivity index (χ4n) is 2.19. The molecule has 0 spiro atoms. The third-order valence-corrected chi connectivity index (χ3v) is 3.84. The quantitative estimate of drug-likeness (QED) is 0.691. The topological polar surface area (TPSA) is 86.5 Å². The molecule has 0 aliphatic heterocycles. The fraction of sp³-hybridized carbons (Fsp3) is 0.400. The lowest BCUT2D eigenvalue weighted by Crippen LogP contribution is -2.48. The highest BCUT2D eigenvalue weighted by Crippen LogP contribution is 2.30. The van der Waals surface area contributed by atoms with E-state index in [0.29, 0.717) is 30.5 Å². The van der Waals surface area contributed by atoms with E-state index in [1.807, 2.05) is 58.0 Å². The molecule has 0 bridgehead atoms. The Morgan fingerprint density at radius 3 is 2.32 bits per heavy atom. The van der Waals surface area contributed by atoms with E-state index in [4.69, 9.17) is 15.2 Å². The van der Waals surface area contributed by atoms with Gasteiger partial charge in [-0.05, 0) is 30.0 Å². The lowest BCUT2D eigenvalue weighted by atomic mass is 9.87. The first-order valence-electron chi connectivity index (χ1n) is 8.69. The normalized spacial score (nSPS) is 11.5. The molecular formula is C20H29Cl2N3O3. The largest absolute Gasteiger partial charge is 0.490 e. The first-order chi connectivity index (χ1) is 12.3. The number of hydrogen-bond acceptors (Lipinski definition) is 5. The van der Waals surface area contributed by atoms with Gasteiger partial charge in [-0.2, -0.15) is 0 Å². The number of nitrogens with one attached hydrogen (secondary N) is 1. The number of ether oxygens (including phenoxy) is 2. The van der Waals surface area contributed by atoms with Crippen LogP contribution in [0.3, 0.4) is 0 Å². The number of halogens is 2. The molecule has 3 N–H and O–H groups in total. The zero-order chi connectivity index (χ0) is 19.2. The smallest absolute Gasteiger partial charge is 0.237 e. The van der Waals surface area contributed by atoms with Crippen molar-refractivity contribution in [1.29, 1.82) is 0 Å². The molecule has 0 aliphatic rings. The summed E-state index contributed by atoms with van der Waals surface area (Å²) < 4.78 is 11.3. The lowest BCUT2D eigenvalue weighted by Gasteiger charge is -2.25. The zero-order valence-electron chi connectivity index (χ0n) is 16.6. The summed E-state index contributed by atoms with van der Waals surface area (Å²) in [4.78, 5) is 16.4. The molecule has 0 saturated carbocycles. The van der Waals surface area contributed by atoms with Gasteiger partial charge in [0.05, 0.1) is 12.6 Å². The molecule has 1 aromatic heterocycles. The van der Waals surface area contributed by atoms with Gasteiger partial charge in [-0.15, -0.1) is 24.8 Å². The first kappa shape index (κ1) is 26.0. The minimum Gasteiger partial charge on any atom is -0.490 e. The standard InChI is InChI=1S/C20H27N3O3.2ClH/c1-5-25-15-8-6-7-9-16(15)26-17-11-10-14(12-22-17)13-23-19(24)18(21)20(2,3)4;;/h6-12,18H,5,13,21H2,1-4H3,(H,23,24);2*1H/t18-;;/m1../s1. The highest BCUT2D eigenvalue weighted by atomic mass is 35.5. The van der Waals surface area contributed by atoms with Crippen molar-refractivity contribution < 1.29 is 14.3 Å². The summed E-state index contributed by atoms with van der Waals surface area (Å²) in [5, 5.41) is 2.84. The molecule has 6 nitrogen and oxygen atoms in total. The van der Waals surface area contributed by atoms with Crippen LogP contribution in [0.25, 0.3) is 0 Å². The highest BCUT2D eigenvalue weighted by molar-refractivity contribution is 5.85. The van der Waals surface area contributed by atoms with Crippen LogP contribution >= 0.6 is 24.8 Å². The van der Waals surface area contributed by atoms with Gasteiger partial charge in [-0.3, -0.25) is 4.79 Å². The number of hydrogen-bond donors (Lipinski definition) is 2. The van der Waals surface area contributed by atoms with E-state index < -0.39 is 6.04 Å². The van der Waals surface area contributed by atoms with Crippen molar-refractivity contribution >= 4 is 30.7 Å². The number of nitrogens with two attached hydrogens (primary N) is 1. The van der Waals surface area contributed by atoms with Crippen LogP contribution in [-0.4, -0.2) is 23.5 Å². The molecule has 0 unspecified atom stereocenters. The number of carbonyl (C=O) groups excluding carboxylic acids is 1. The Morgan fingerprint density at radius 2 is 1.79 bits per heavy atom. The molecule has 8 heteroatoms. The second-order valence-electron chi connectivity index (χ2n) is 7.05. The van der Waals surface area contributed by atoms with Gasteiger partial charge in [-0.1, -0.05) is 39.0 Å². The van der Waals surface area contributed by atoms with Crippen molar-refractivity contribution in [2.45, 2.75) is 40.3 Å². The Kier molecular flexibility index (Phi) is 10.9. The third kappa shape index (κ3) is 7.54. The van der Waals surface area contributed by atoms with Crippen molar-refractivity contribution in [2.24, 2.45) is 11.1 Å². The van der Waals surface area contributed by atoms with Crippen LogP contribution in [-0.2, 0) is 11.3 Å². The molecule has 0 fully saturated rings. The molecule has 2 aromatic rings. The van der Waals surface area contributed by atoms with Crippen LogP contribution in [0.4, 0.5) is 0 Å². The number of benzene rings is 1. The molecule has 28 heavy (non-hydrogen) atoms. The van der Waals surface area contributed by atoms with Crippen LogP contribution in [0.15, 0.2) is 42.6 Å². The summed E-state index contributed by atoms with van der Waals surface area (Å²) in [6.07, 6.45) is 1.67. The predicted octanol–water partition coefficient (Wildman–Crippen LogP) is 4.11. The molecule has 2 rings (SSSR count). The zero-order valence-corrected chi connectivity index (χ0v) is 18.2. The highest BCUT2D eigenvalue weighted by Gasteiger charge is 2.27. The van der Waals surface area contributed by atoms with E-state index in [2.05, 4.69) is 10.3 Å². The Hall–Kier alpha value is -2.02. The Balaban J connectivity index is 0.00000364. The summed E-state index contributed by atoms with van der Waals surface area (Å²) in [5.41, 5.74) is 6.53. The van der Waals surface area contributed by atoms with Gasteiger partial charge >= 0.3 is 0 Å². The number of aromatic nitrogens is 1. The summed E-state index contributed by atoms with van der Waals surface area (Å²) in [6, 6.07) is 10.5. The van der Waals surface area contributed by atoms with Crippen molar-refractivity contribution in [3.05, 3.63) is 48.2 Å². The summed E-state index contributed by atoms with van der Waals surface area (Å²) in [5.74, 6) is 1.56. The summed E-state index contributed by atoms with van der Waals surface area (Å²) >= 11 is 0. The predicted molar refractivity (Wildman–Crippen MR) is 116 cm³/mol. The van der Waals surface area contributed by atoms with Gasteiger partial charge in [0.1, 0.15) is 0 Å². The molecule has 1 aromatic carbocycles. The Labute approximate surface area is 179 Å². The maximum atomic E-state index is 12.1. The third-order valence-electron chi connectivity index (χ3n) is 3.84. The van der Waals surface area contributed by atoms with E-state index in [0.717, 1.165) is 5.56 Å². The van der Waals surface area contributed by atoms with E-state index >= 15 is 0 Å². The monoisotopic (exact) mass is 429 g/mol. The number of carbonyl (C=O) groups is 1. The number of para-hydroxylation sites is 2. The average Bonchev–Trinajstić information content (AvgIpc) is 2.61. The molecule has 1 atom stereocenters. The summed E-state index contributed by atoms with van der Waals surface area (Å²) in [7, 11) is 0. The Morgan fingerprint density at radius 1 is 1.14 bits per heavy atom. The minimum absolute atomic E-state index is 0. The van der Waals surface area contributed by atoms with Crippen molar-refractivity contribution in [1.82, 2.24) is 10.3 Å². The molecule has 0 radical (unpaired) electrons. The van der Waals surface area contributed by atoms with E-state index in [9.17, 15) is 4.79 Å². The van der Waals surface area contributed by atoms with Crippen LogP contribution < -0.4 is 20.5 Å². The number of nitrogens with zero attached hydrogens (tertiary/aromatic N) is 1. The van der Waals surface area contributed by atoms with Gasteiger partial charge in [0.15, 0.2) is 11.5 Å². The van der Waals surface area contributed by atoms with E-state index in [1.165, 1.54) is 0 Å². The fourth-order valence-corrected chi connectivity index (χ4v) is 2.19. The lowest BCUT2D eigenvalue weighted by molar-refractivity contribution is -0.124. The van der Waals surface area contributed by atoms with Gasteiger partial charge in [-0.25, -0.2) is 4.98 Å². The second kappa shape index (κ2) is 11.7. The van der Waals surface area contributed by atoms with Crippen molar-refractivity contribution in [2.75, 3.05) is 6.61 Å². The van der Waals surface area contributed by atoms with Gasteiger partial charge in [0.25, 0.3) is 0 Å². The van der Waals surface area contributed by atoms with Gasteiger partial charge < -0.3 is 20.5 Å². The van der Waals surface area contributed by atoms with Crippen molar-refractivity contribution in [3.8, 4) is 17.4 Å². The van der Waals surface area contributed by atoms with Gasteiger partial charge in [0.2, 0.25) is 11.8 Å². The van der Waals surface area contributed by atoms with Crippen LogP contribution in [0.5, 0.6) is 17.4 Å². The summed E-state index contributed by atoms with van der Waals surface area (Å²) in [6.45, 7) is 8.65. The molecule has 156 valence electrons. The Bertz CT molecular complexity index is 734. The molecule has 1 amide bonds. The maximum absolute atomic E-state index is 12.1. The molecule has 1 heterocycles. The second-order valence-corrected chi connectivity index (χ2v) is 7.05. The molecule has 0 saturated heterocycles. The van der Waals surface area contributed by atoms with Crippen LogP contribution in [0.1, 0.15) is 33.3 Å². The number of rotatable bonds is 7. The molecular weight excluding hydrogens is 401 g/mol. The maximum Gasteiger partial charge on any atom is 0.237 e. The van der Waals surface area contributed by atoms with E-state index in [-0.39, 0.29) is 36.1 Å². The number of pyridine rings is 1. The number of amides is 1. The van der Waals surface area contributed by atoms with Gasteiger partial charge in [0, 0.05) is 18.8 Å². The average molecular weight is 430 g/mol. The van der Waals surface area contributed by atoms with E-state index in [1.54, 1.807) is 12.3 Å². The first-order valence-corrected chi connectivity index (χ1v) is 8.69. The van der Waals surface area contributed by atoms with Crippen LogP contribution in [0, 0.1) is 5.41 Å². The van der Waals surface area contributed by atoms with Crippen LogP contribution in [0.2, 0.25) is 0 Å². The van der Waals surface area contributed by atoms with Crippen molar-refractivity contribution in [3.63, 3.8) is 0 Å².